The van der Waals surface area contributed by atoms with Crippen molar-refractivity contribution in [3.05, 3.63) is 76.9 Å². The van der Waals surface area contributed by atoms with E-state index in [1.165, 1.54) is 0 Å². The molecule has 0 saturated carbocycles. The van der Waals surface area contributed by atoms with Gasteiger partial charge in [-0.2, -0.15) is 10.4 Å². The van der Waals surface area contributed by atoms with Crippen LogP contribution in [0.2, 0.25) is 5.02 Å². The Kier molecular flexibility index (Phi) is 4.45. The molecule has 2 heterocycles. The van der Waals surface area contributed by atoms with Gasteiger partial charge in [-0.1, -0.05) is 48.0 Å². The summed E-state index contributed by atoms with van der Waals surface area (Å²) in [6, 6.07) is 18.6. The molecule has 0 saturated heterocycles. The van der Waals surface area contributed by atoms with Crippen molar-refractivity contribution in [2.24, 2.45) is 10.9 Å². The van der Waals surface area contributed by atoms with Gasteiger partial charge in [0.05, 0.1) is 12.3 Å². The van der Waals surface area contributed by atoms with Crippen LogP contribution in [0.1, 0.15) is 17.0 Å². The normalized spacial score (nSPS) is 18.1. The van der Waals surface area contributed by atoms with Gasteiger partial charge in [-0.3, -0.25) is 9.89 Å². The van der Waals surface area contributed by atoms with E-state index in [0.29, 0.717) is 16.5 Å². The molecule has 1 amide bonds. The first kappa shape index (κ1) is 17.0. The Morgan fingerprint density at radius 1 is 1.11 bits per heavy atom. The van der Waals surface area contributed by atoms with Crippen molar-refractivity contribution in [1.29, 1.82) is 5.26 Å². The summed E-state index contributed by atoms with van der Waals surface area (Å²) in [5, 5.41) is 20.0. The number of carbonyl (C=O) groups excluding carboxylic acids is 1. The number of hydrogen-bond donors (Lipinski definition) is 2. The van der Waals surface area contributed by atoms with E-state index in [9.17, 15) is 10.1 Å². The number of anilines is 1. The molecule has 1 aromatic heterocycles. The number of aliphatic imine (C=N–C) groups is 1. The number of fused-ring (bicyclic) bond motifs is 1. The fourth-order valence-corrected chi connectivity index (χ4v) is 3.51. The summed E-state index contributed by atoms with van der Waals surface area (Å²) < 4.78 is 0. The average molecular weight is 376 g/mol. The molecule has 2 unspecified atom stereocenters. The minimum Gasteiger partial charge on any atom is -0.321 e. The molecule has 27 heavy (non-hydrogen) atoms. The first-order valence-electron chi connectivity index (χ1n) is 8.31. The van der Waals surface area contributed by atoms with Crippen LogP contribution in [-0.4, -0.2) is 21.8 Å². The summed E-state index contributed by atoms with van der Waals surface area (Å²) in [4.78, 5) is 17.3. The van der Waals surface area contributed by atoms with Crippen LogP contribution in [0, 0.1) is 17.2 Å². The molecule has 0 bridgehead atoms. The Hall–Kier alpha value is -3.43. The molecular weight excluding hydrogens is 362 g/mol. The Morgan fingerprint density at radius 2 is 1.85 bits per heavy atom. The van der Waals surface area contributed by atoms with E-state index in [2.05, 4.69) is 26.6 Å². The van der Waals surface area contributed by atoms with Crippen LogP contribution in [0.5, 0.6) is 0 Å². The second kappa shape index (κ2) is 7.06. The van der Waals surface area contributed by atoms with Crippen LogP contribution in [0.15, 0.2) is 65.8 Å². The fraction of sp³-hybridized carbons (Fsp3) is 0.100. The zero-order valence-electron chi connectivity index (χ0n) is 14.1. The third-order valence-electron chi connectivity index (χ3n) is 4.49. The first-order valence-corrected chi connectivity index (χ1v) is 8.69. The Morgan fingerprint density at radius 3 is 2.59 bits per heavy atom. The van der Waals surface area contributed by atoms with Gasteiger partial charge >= 0.3 is 0 Å². The van der Waals surface area contributed by atoms with Gasteiger partial charge in [0, 0.05) is 22.2 Å². The molecule has 1 aliphatic heterocycles. The second-order valence-electron chi connectivity index (χ2n) is 6.10. The molecule has 0 spiro atoms. The lowest BCUT2D eigenvalue weighted by Crippen LogP contribution is -2.34. The maximum absolute atomic E-state index is 12.9. The number of para-hydroxylation sites is 1. The van der Waals surface area contributed by atoms with E-state index in [1.807, 2.05) is 36.4 Å². The molecule has 2 atom stereocenters. The van der Waals surface area contributed by atoms with E-state index in [4.69, 9.17) is 11.6 Å². The number of nitrogens with one attached hydrogen (secondary N) is 2. The molecule has 0 fully saturated rings. The SMILES string of the molecule is N#CC1C(C(=O)Nc2ccccc2)=Nc2[nH]ncc2C1c1ccccc1Cl. The van der Waals surface area contributed by atoms with Gasteiger partial charge in [-0.25, -0.2) is 4.99 Å². The third kappa shape index (κ3) is 3.09. The standard InChI is InChI=1S/C20H14ClN5O/c21-16-9-5-4-8-13(16)17-14(10-22)18(25-19-15(17)11-23-26-19)20(27)24-12-6-2-1-3-7-12/h1-9,11,14,17H,(H,23,26)(H,24,27). The van der Waals surface area contributed by atoms with Crippen molar-refractivity contribution in [3.63, 3.8) is 0 Å². The molecule has 1 aliphatic rings. The van der Waals surface area contributed by atoms with Crippen LogP contribution in [0.4, 0.5) is 11.5 Å². The molecule has 3 aromatic rings. The average Bonchev–Trinajstić information content (AvgIpc) is 3.16. The second-order valence-corrected chi connectivity index (χ2v) is 6.50. The molecular formula is C20H14ClN5O. The van der Waals surface area contributed by atoms with E-state index in [0.717, 1.165) is 11.1 Å². The number of aromatic nitrogens is 2. The van der Waals surface area contributed by atoms with Crippen molar-refractivity contribution in [3.8, 4) is 6.07 Å². The van der Waals surface area contributed by atoms with Gasteiger partial charge in [0.15, 0.2) is 5.82 Å². The number of nitrogens with zero attached hydrogens (tertiary/aromatic N) is 3. The lowest BCUT2D eigenvalue weighted by molar-refractivity contribution is -0.110. The van der Waals surface area contributed by atoms with Crippen molar-refractivity contribution in [2.75, 3.05) is 5.32 Å². The van der Waals surface area contributed by atoms with Gasteiger partial charge in [-0.15, -0.1) is 0 Å². The maximum Gasteiger partial charge on any atom is 0.271 e. The number of benzene rings is 2. The maximum atomic E-state index is 12.9. The Bertz CT molecular complexity index is 1070. The van der Waals surface area contributed by atoms with Crippen LogP contribution in [0.3, 0.4) is 0 Å². The minimum atomic E-state index is -0.793. The van der Waals surface area contributed by atoms with Gasteiger partial charge < -0.3 is 5.32 Å². The summed E-state index contributed by atoms with van der Waals surface area (Å²) in [5.74, 6) is -1.19. The van der Waals surface area contributed by atoms with Crippen LogP contribution in [-0.2, 0) is 4.79 Å². The molecule has 0 aliphatic carbocycles. The number of aromatic amines is 1. The number of nitriles is 1. The number of hydrogen-bond acceptors (Lipinski definition) is 4. The number of H-pyrrole nitrogens is 1. The van der Waals surface area contributed by atoms with Crippen molar-refractivity contribution >= 4 is 34.7 Å². The molecule has 0 radical (unpaired) electrons. The zero-order chi connectivity index (χ0) is 18.8. The quantitative estimate of drug-likeness (QED) is 0.722. The summed E-state index contributed by atoms with van der Waals surface area (Å²) in [6.45, 7) is 0. The highest BCUT2D eigenvalue weighted by molar-refractivity contribution is 6.45. The minimum absolute atomic E-state index is 0.128. The van der Waals surface area contributed by atoms with Gasteiger partial charge in [-0.05, 0) is 23.8 Å². The van der Waals surface area contributed by atoms with Gasteiger partial charge in [0.25, 0.3) is 5.91 Å². The zero-order valence-corrected chi connectivity index (χ0v) is 14.8. The van der Waals surface area contributed by atoms with Crippen LogP contribution in [0.25, 0.3) is 0 Å². The molecule has 2 N–H and O–H groups in total. The fourth-order valence-electron chi connectivity index (χ4n) is 3.25. The lowest BCUT2D eigenvalue weighted by atomic mass is 9.77. The summed E-state index contributed by atoms with van der Waals surface area (Å²) >= 11 is 6.39. The van der Waals surface area contributed by atoms with Gasteiger partial charge in [0.2, 0.25) is 0 Å². The van der Waals surface area contributed by atoms with E-state index in [-0.39, 0.29) is 5.71 Å². The summed E-state index contributed by atoms with van der Waals surface area (Å²) in [7, 11) is 0. The largest absolute Gasteiger partial charge is 0.321 e. The van der Waals surface area contributed by atoms with E-state index >= 15 is 0 Å². The summed E-state index contributed by atoms with van der Waals surface area (Å²) in [5.41, 5.74) is 2.26. The highest BCUT2D eigenvalue weighted by Gasteiger charge is 2.39. The van der Waals surface area contributed by atoms with Crippen molar-refractivity contribution in [2.45, 2.75) is 5.92 Å². The van der Waals surface area contributed by atoms with Crippen molar-refractivity contribution in [1.82, 2.24) is 10.2 Å². The van der Waals surface area contributed by atoms with E-state index in [1.54, 1.807) is 24.4 Å². The van der Waals surface area contributed by atoms with Crippen LogP contribution < -0.4 is 5.32 Å². The molecule has 2 aromatic carbocycles. The number of halogens is 1. The Labute approximate surface area is 160 Å². The topological polar surface area (TPSA) is 93.9 Å². The summed E-state index contributed by atoms with van der Waals surface area (Å²) in [6.07, 6.45) is 1.63. The van der Waals surface area contributed by atoms with E-state index < -0.39 is 17.7 Å². The molecule has 4 rings (SSSR count). The highest BCUT2D eigenvalue weighted by atomic mass is 35.5. The Balaban J connectivity index is 1.78. The first-order chi connectivity index (χ1) is 13.2. The molecule has 132 valence electrons. The smallest absolute Gasteiger partial charge is 0.271 e. The predicted molar refractivity (Wildman–Crippen MR) is 103 cm³/mol. The predicted octanol–water partition coefficient (Wildman–Crippen LogP) is 4.06. The monoisotopic (exact) mass is 375 g/mol. The number of rotatable bonds is 3. The number of amides is 1. The lowest BCUT2D eigenvalue weighted by Gasteiger charge is -2.27. The number of carbonyl (C=O) groups is 1. The molecule has 6 nitrogen and oxygen atoms in total. The van der Waals surface area contributed by atoms with Crippen LogP contribution >= 0.6 is 11.6 Å². The third-order valence-corrected chi connectivity index (χ3v) is 4.83. The van der Waals surface area contributed by atoms with Gasteiger partial charge in [0.1, 0.15) is 11.6 Å². The molecule has 7 heteroatoms. The highest BCUT2D eigenvalue weighted by Crippen LogP contribution is 2.43. The van der Waals surface area contributed by atoms with Crippen molar-refractivity contribution < 1.29 is 4.79 Å².